The van der Waals surface area contributed by atoms with Gasteiger partial charge in [-0.2, -0.15) is 0 Å². The third-order valence-electron chi connectivity index (χ3n) is 3.90. The van der Waals surface area contributed by atoms with Crippen LogP contribution < -0.4 is 16.0 Å². The number of hydrogen-bond donors (Lipinski definition) is 3. The number of rotatable bonds is 9. The second kappa shape index (κ2) is 14.2. The lowest BCUT2D eigenvalue weighted by Crippen LogP contribution is -2.37. The molecule has 0 spiro atoms. The number of hydrogen-bond acceptors (Lipinski definition) is 3. The molecule has 158 valence electrons. The van der Waals surface area contributed by atoms with Crippen LogP contribution in [0.25, 0.3) is 0 Å². The van der Waals surface area contributed by atoms with E-state index in [9.17, 15) is 9.18 Å². The third kappa shape index (κ3) is 9.49. The lowest BCUT2D eigenvalue weighted by molar-refractivity contribution is 0.0963. The van der Waals surface area contributed by atoms with Crippen molar-refractivity contribution in [3.8, 4) is 0 Å². The van der Waals surface area contributed by atoms with Gasteiger partial charge in [-0.3, -0.25) is 4.79 Å². The van der Waals surface area contributed by atoms with E-state index in [1.54, 1.807) is 43.1 Å². The molecule has 0 aromatic heterocycles. The highest BCUT2D eigenvalue weighted by Crippen LogP contribution is 2.18. The molecule has 0 saturated carbocycles. The number of carbonyl (C=O) groups is 1. The SMILES string of the molecule is CCNC(=NCc1ccc(C(=O)NC)cc1)NCCCSc1ccc(F)cc1.I. The first kappa shape index (κ1) is 25.2. The van der Waals surface area contributed by atoms with Gasteiger partial charge in [0.05, 0.1) is 6.54 Å². The Kier molecular flexibility index (Phi) is 12.4. The van der Waals surface area contributed by atoms with Crippen molar-refractivity contribution < 1.29 is 9.18 Å². The first-order valence-electron chi connectivity index (χ1n) is 9.34. The van der Waals surface area contributed by atoms with E-state index in [-0.39, 0.29) is 35.7 Å². The van der Waals surface area contributed by atoms with E-state index in [2.05, 4.69) is 20.9 Å². The van der Waals surface area contributed by atoms with Gasteiger partial charge in [-0.1, -0.05) is 12.1 Å². The number of benzene rings is 2. The van der Waals surface area contributed by atoms with Gasteiger partial charge in [0.25, 0.3) is 5.91 Å². The van der Waals surface area contributed by atoms with Gasteiger partial charge in [0.15, 0.2) is 5.96 Å². The zero-order valence-electron chi connectivity index (χ0n) is 16.7. The Morgan fingerprint density at radius 3 is 2.38 bits per heavy atom. The molecule has 2 aromatic carbocycles. The van der Waals surface area contributed by atoms with Crippen LogP contribution in [0.2, 0.25) is 0 Å². The van der Waals surface area contributed by atoms with E-state index >= 15 is 0 Å². The first-order chi connectivity index (χ1) is 13.6. The number of aliphatic imine (C=N–C) groups is 1. The van der Waals surface area contributed by atoms with Gasteiger partial charge in [-0.05, 0) is 61.1 Å². The Balaban J connectivity index is 0.00000420. The van der Waals surface area contributed by atoms with Gasteiger partial charge in [0, 0.05) is 30.6 Å². The summed E-state index contributed by atoms with van der Waals surface area (Å²) in [4.78, 5) is 17.2. The lowest BCUT2D eigenvalue weighted by Gasteiger charge is -2.11. The molecule has 0 radical (unpaired) electrons. The zero-order valence-corrected chi connectivity index (χ0v) is 19.9. The maximum atomic E-state index is 12.9. The summed E-state index contributed by atoms with van der Waals surface area (Å²) in [6, 6.07) is 14.0. The minimum Gasteiger partial charge on any atom is -0.357 e. The predicted molar refractivity (Wildman–Crippen MR) is 130 cm³/mol. The highest BCUT2D eigenvalue weighted by molar-refractivity contribution is 14.0. The standard InChI is InChI=1S/C21H27FN4OS.HI/c1-3-24-21(25-13-4-14-28-19-11-9-18(22)10-12-19)26-15-16-5-7-17(8-6-16)20(27)23-2;/h5-12H,3-4,13-15H2,1-2H3,(H,23,27)(H2,24,25,26);1H. The van der Waals surface area contributed by atoms with Crippen molar-refractivity contribution in [1.82, 2.24) is 16.0 Å². The fourth-order valence-electron chi connectivity index (χ4n) is 2.42. The molecule has 0 saturated heterocycles. The lowest BCUT2D eigenvalue weighted by atomic mass is 10.1. The van der Waals surface area contributed by atoms with Gasteiger partial charge >= 0.3 is 0 Å². The summed E-state index contributed by atoms with van der Waals surface area (Å²) in [6.07, 6.45) is 0.966. The van der Waals surface area contributed by atoms with E-state index in [0.717, 1.165) is 41.7 Å². The fourth-order valence-corrected chi connectivity index (χ4v) is 3.27. The molecule has 2 rings (SSSR count). The van der Waals surface area contributed by atoms with Crippen molar-refractivity contribution in [1.29, 1.82) is 0 Å². The number of nitrogens with zero attached hydrogens (tertiary/aromatic N) is 1. The first-order valence-corrected chi connectivity index (χ1v) is 10.3. The van der Waals surface area contributed by atoms with Crippen LogP contribution in [0.15, 0.2) is 58.4 Å². The van der Waals surface area contributed by atoms with Crippen LogP contribution in [-0.2, 0) is 6.54 Å². The Bertz CT molecular complexity index is 769. The van der Waals surface area contributed by atoms with Crippen molar-refractivity contribution in [3.05, 3.63) is 65.5 Å². The van der Waals surface area contributed by atoms with Gasteiger partial charge < -0.3 is 16.0 Å². The Labute approximate surface area is 193 Å². The van der Waals surface area contributed by atoms with E-state index in [1.807, 2.05) is 19.1 Å². The minimum absolute atomic E-state index is 0. The van der Waals surface area contributed by atoms with Gasteiger partial charge in [-0.15, -0.1) is 35.7 Å². The van der Waals surface area contributed by atoms with Gasteiger partial charge in [0.2, 0.25) is 0 Å². The maximum Gasteiger partial charge on any atom is 0.251 e. The van der Waals surface area contributed by atoms with Crippen molar-refractivity contribution in [2.24, 2.45) is 4.99 Å². The molecule has 0 fully saturated rings. The van der Waals surface area contributed by atoms with E-state index in [0.29, 0.717) is 12.1 Å². The van der Waals surface area contributed by atoms with E-state index in [4.69, 9.17) is 0 Å². The normalized spacial score (nSPS) is 10.8. The van der Waals surface area contributed by atoms with Crippen LogP contribution >= 0.6 is 35.7 Å². The number of halogens is 2. The number of guanidine groups is 1. The Morgan fingerprint density at radius 1 is 1.07 bits per heavy atom. The second-order valence-corrected chi connectivity index (χ2v) is 7.22. The van der Waals surface area contributed by atoms with Gasteiger partial charge in [-0.25, -0.2) is 9.38 Å². The fraction of sp³-hybridized carbons (Fsp3) is 0.333. The molecule has 0 bridgehead atoms. The highest BCUT2D eigenvalue weighted by Gasteiger charge is 2.03. The maximum absolute atomic E-state index is 12.9. The van der Waals surface area contributed by atoms with Crippen LogP contribution in [0.1, 0.15) is 29.3 Å². The smallest absolute Gasteiger partial charge is 0.251 e. The molecule has 0 aliphatic carbocycles. The van der Waals surface area contributed by atoms with Crippen LogP contribution in [0, 0.1) is 5.82 Å². The van der Waals surface area contributed by atoms with Crippen molar-refractivity contribution in [3.63, 3.8) is 0 Å². The van der Waals surface area contributed by atoms with Crippen molar-refractivity contribution >= 4 is 47.6 Å². The second-order valence-electron chi connectivity index (χ2n) is 6.05. The molecule has 2 aromatic rings. The summed E-state index contributed by atoms with van der Waals surface area (Å²) in [7, 11) is 1.62. The highest BCUT2D eigenvalue weighted by atomic mass is 127. The average molecular weight is 530 g/mol. The third-order valence-corrected chi connectivity index (χ3v) is 5.00. The number of carbonyl (C=O) groups excluding carboxylic acids is 1. The molecule has 8 heteroatoms. The summed E-state index contributed by atoms with van der Waals surface area (Å²) >= 11 is 1.71. The molecule has 0 aliphatic heterocycles. The van der Waals surface area contributed by atoms with E-state index in [1.165, 1.54) is 12.1 Å². The minimum atomic E-state index is -0.208. The van der Waals surface area contributed by atoms with Crippen LogP contribution in [0.3, 0.4) is 0 Å². The molecule has 0 atom stereocenters. The molecule has 29 heavy (non-hydrogen) atoms. The summed E-state index contributed by atoms with van der Waals surface area (Å²) in [5.74, 6) is 1.41. The molecule has 0 aliphatic rings. The van der Waals surface area contributed by atoms with Crippen LogP contribution in [-0.4, -0.2) is 37.8 Å². The monoisotopic (exact) mass is 530 g/mol. The largest absolute Gasteiger partial charge is 0.357 e. The summed E-state index contributed by atoms with van der Waals surface area (Å²) in [6.45, 7) is 4.15. The number of amides is 1. The summed E-state index contributed by atoms with van der Waals surface area (Å²) in [5.41, 5.74) is 1.68. The summed E-state index contributed by atoms with van der Waals surface area (Å²) in [5, 5.41) is 9.17. The van der Waals surface area contributed by atoms with Gasteiger partial charge in [0.1, 0.15) is 5.82 Å². The number of thioether (sulfide) groups is 1. The molecule has 1 amide bonds. The molecule has 0 heterocycles. The van der Waals surface area contributed by atoms with E-state index < -0.39 is 0 Å². The Hall–Kier alpha value is -1.81. The quantitative estimate of drug-likeness (QED) is 0.151. The average Bonchev–Trinajstić information content (AvgIpc) is 2.72. The van der Waals surface area contributed by atoms with Crippen LogP contribution in [0.4, 0.5) is 4.39 Å². The zero-order chi connectivity index (χ0) is 20.2. The molecule has 0 unspecified atom stereocenters. The predicted octanol–water partition coefficient (Wildman–Crippen LogP) is 4.04. The van der Waals surface area contributed by atoms with Crippen molar-refractivity contribution in [2.45, 2.75) is 24.8 Å². The number of nitrogens with one attached hydrogen (secondary N) is 3. The molecular formula is C21H28FIN4OS. The molecule has 5 nitrogen and oxygen atoms in total. The topological polar surface area (TPSA) is 65.5 Å². The van der Waals surface area contributed by atoms with Crippen LogP contribution in [0.5, 0.6) is 0 Å². The summed E-state index contributed by atoms with van der Waals surface area (Å²) < 4.78 is 12.9. The molecule has 3 N–H and O–H groups in total. The Morgan fingerprint density at radius 2 is 1.76 bits per heavy atom. The van der Waals surface area contributed by atoms with Crippen molar-refractivity contribution in [2.75, 3.05) is 25.9 Å². The molecular weight excluding hydrogens is 502 g/mol.